The van der Waals surface area contributed by atoms with Crippen LogP contribution in [0.5, 0.6) is 5.75 Å². The van der Waals surface area contributed by atoms with Crippen molar-refractivity contribution in [3.63, 3.8) is 0 Å². The lowest BCUT2D eigenvalue weighted by molar-refractivity contribution is -0.128. The van der Waals surface area contributed by atoms with Gasteiger partial charge in [0.15, 0.2) is 6.61 Å². The first-order chi connectivity index (χ1) is 13.0. The summed E-state index contributed by atoms with van der Waals surface area (Å²) < 4.78 is 5.47. The van der Waals surface area contributed by atoms with Gasteiger partial charge in [0, 0.05) is 17.7 Å². The zero-order valence-electron chi connectivity index (χ0n) is 14.7. The first-order valence-corrected chi connectivity index (χ1v) is 8.70. The summed E-state index contributed by atoms with van der Waals surface area (Å²) in [5, 5.41) is 5.38. The topological polar surface area (TPSA) is 111 Å². The van der Waals surface area contributed by atoms with Crippen LogP contribution in [0.4, 0.5) is 5.69 Å². The van der Waals surface area contributed by atoms with Gasteiger partial charge in [-0.05, 0) is 30.5 Å². The monoisotopic (exact) mass is 367 g/mol. The smallest absolute Gasteiger partial charge is 0.258 e. The van der Waals surface area contributed by atoms with Crippen LogP contribution in [0.1, 0.15) is 24.4 Å². The van der Waals surface area contributed by atoms with Crippen LogP contribution in [-0.4, -0.2) is 24.3 Å². The van der Waals surface area contributed by atoms with Gasteiger partial charge in [0.1, 0.15) is 11.8 Å². The second-order valence-corrected chi connectivity index (χ2v) is 6.39. The molecule has 3 amide bonds. The number of benzene rings is 2. The van der Waals surface area contributed by atoms with Crippen LogP contribution in [0.25, 0.3) is 0 Å². The summed E-state index contributed by atoms with van der Waals surface area (Å²) in [5.74, 6) is -0.593. The van der Waals surface area contributed by atoms with Crippen LogP contribution in [0.15, 0.2) is 54.6 Å². The van der Waals surface area contributed by atoms with Crippen LogP contribution < -0.4 is 21.1 Å². The largest absolute Gasteiger partial charge is 0.484 e. The van der Waals surface area contributed by atoms with E-state index in [1.165, 1.54) is 0 Å². The zero-order chi connectivity index (χ0) is 19.2. The predicted octanol–water partition coefficient (Wildman–Crippen LogP) is 1.76. The van der Waals surface area contributed by atoms with E-state index in [0.29, 0.717) is 17.0 Å². The van der Waals surface area contributed by atoms with E-state index in [9.17, 15) is 14.4 Å². The van der Waals surface area contributed by atoms with E-state index in [4.69, 9.17) is 10.5 Å². The van der Waals surface area contributed by atoms with E-state index >= 15 is 0 Å². The Kier molecular flexibility index (Phi) is 5.71. The summed E-state index contributed by atoms with van der Waals surface area (Å²) in [5.41, 5.74) is 6.60. The van der Waals surface area contributed by atoms with Crippen molar-refractivity contribution in [1.82, 2.24) is 5.32 Å². The van der Waals surface area contributed by atoms with E-state index in [0.717, 1.165) is 12.8 Å². The van der Waals surface area contributed by atoms with E-state index in [1.807, 2.05) is 6.07 Å². The molecule has 0 saturated heterocycles. The van der Waals surface area contributed by atoms with Gasteiger partial charge in [-0.15, -0.1) is 0 Å². The molecule has 7 heteroatoms. The molecule has 1 atom stereocenters. The molecule has 0 heterocycles. The molecule has 0 aromatic heterocycles. The molecular weight excluding hydrogens is 346 g/mol. The van der Waals surface area contributed by atoms with E-state index < -0.39 is 17.9 Å². The lowest BCUT2D eigenvalue weighted by Gasteiger charge is -2.16. The van der Waals surface area contributed by atoms with Gasteiger partial charge in [-0.25, -0.2) is 0 Å². The molecule has 2 aromatic rings. The number of carbonyl (C=O) groups is 3. The summed E-state index contributed by atoms with van der Waals surface area (Å²) in [6.07, 6.45) is 1.84. The Morgan fingerprint density at radius 3 is 2.48 bits per heavy atom. The Hall–Kier alpha value is -3.35. The number of hydrogen-bond acceptors (Lipinski definition) is 4. The summed E-state index contributed by atoms with van der Waals surface area (Å²) in [6.45, 7) is -0.281. The van der Waals surface area contributed by atoms with Crippen LogP contribution in [0.2, 0.25) is 0 Å². The first kappa shape index (κ1) is 18.4. The average Bonchev–Trinajstić information content (AvgIpc) is 3.50. The summed E-state index contributed by atoms with van der Waals surface area (Å²) >= 11 is 0. The summed E-state index contributed by atoms with van der Waals surface area (Å²) in [7, 11) is 0. The average molecular weight is 367 g/mol. The number of nitrogens with two attached hydrogens (primary N) is 1. The molecule has 27 heavy (non-hydrogen) atoms. The molecule has 1 saturated carbocycles. The molecule has 0 aliphatic heterocycles. The van der Waals surface area contributed by atoms with Crippen molar-refractivity contribution >= 4 is 23.4 Å². The fourth-order valence-corrected chi connectivity index (χ4v) is 2.57. The molecule has 1 aliphatic carbocycles. The zero-order valence-corrected chi connectivity index (χ0v) is 14.7. The normalized spacial score (nSPS) is 14.1. The summed E-state index contributed by atoms with van der Waals surface area (Å²) in [4.78, 5) is 35.6. The molecule has 7 nitrogen and oxygen atoms in total. The standard InChI is InChI=1S/C20H21N3O4/c21-19(25)18(13-5-2-1-3-6-13)23-17(24)12-27-16-8-4-7-15(11-16)22-20(26)14-9-10-14/h1-8,11,14,18H,9-10,12H2,(H2,21,25)(H,22,26)(H,23,24). The van der Waals surface area contributed by atoms with E-state index in [1.54, 1.807) is 48.5 Å². The van der Waals surface area contributed by atoms with Gasteiger partial charge in [0.05, 0.1) is 0 Å². The minimum absolute atomic E-state index is 0.00273. The number of primary amides is 1. The molecule has 4 N–H and O–H groups in total. The van der Waals surface area contributed by atoms with Gasteiger partial charge in [-0.2, -0.15) is 0 Å². The second-order valence-electron chi connectivity index (χ2n) is 6.39. The Morgan fingerprint density at radius 1 is 1.07 bits per heavy atom. The maximum Gasteiger partial charge on any atom is 0.258 e. The third-order valence-electron chi connectivity index (χ3n) is 4.14. The highest BCUT2D eigenvalue weighted by Gasteiger charge is 2.29. The fraction of sp³-hybridized carbons (Fsp3) is 0.250. The maximum absolute atomic E-state index is 12.2. The van der Waals surface area contributed by atoms with Gasteiger partial charge >= 0.3 is 0 Å². The van der Waals surface area contributed by atoms with Crippen molar-refractivity contribution in [2.75, 3.05) is 11.9 Å². The number of carbonyl (C=O) groups excluding carboxylic acids is 3. The van der Waals surface area contributed by atoms with Crippen LogP contribution in [0, 0.1) is 5.92 Å². The highest BCUT2D eigenvalue weighted by Crippen LogP contribution is 2.30. The van der Waals surface area contributed by atoms with Crippen molar-refractivity contribution in [3.05, 3.63) is 60.2 Å². The number of nitrogens with one attached hydrogen (secondary N) is 2. The third-order valence-corrected chi connectivity index (χ3v) is 4.14. The molecule has 0 spiro atoms. The van der Waals surface area contributed by atoms with Crippen molar-refractivity contribution in [2.45, 2.75) is 18.9 Å². The lowest BCUT2D eigenvalue weighted by Crippen LogP contribution is -2.39. The Balaban J connectivity index is 1.55. The highest BCUT2D eigenvalue weighted by atomic mass is 16.5. The molecule has 0 bridgehead atoms. The molecular formula is C20H21N3O4. The molecule has 2 aromatic carbocycles. The summed E-state index contributed by atoms with van der Waals surface area (Å²) in [6, 6.07) is 14.6. The van der Waals surface area contributed by atoms with Crippen LogP contribution >= 0.6 is 0 Å². The fourth-order valence-electron chi connectivity index (χ4n) is 2.57. The van der Waals surface area contributed by atoms with Crippen LogP contribution in [0.3, 0.4) is 0 Å². The molecule has 0 radical (unpaired) electrons. The lowest BCUT2D eigenvalue weighted by atomic mass is 10.1. The molecule has 1 aliphatic rings. The van der Waals surface area contributed by atoms with Crippen LogP contribution in [-0.2, 0) is 14.4 Å². The second kappa shape index (κ2) is 8.35. The molecule has 1 fully saturated rings. The van der Waals surface area contributed by atoms with Crippen molar-refractivity contribution < 1.29 is 19.1 Å². The van der Waals surface area contributed by atoms with E-state index in [-0.39, 0.29) is 18.4 Å². The number of rotatable bonds is 8. The van der Waals surface area contributed by atoms with Gasteiger partial charge in [0.25, 0.3) is 5.91 Å². The van der Waals surface area contributed by atoms with Crippen molar-refractivity contribution in [3.8, 4) is 5.75 Å². The maximum atomic E-state index is 12.2. The van der Waals surface area contributed by atoms with E-state index in [2.05, 4.69) is 10.6 Å². The molecule has 140 valence electrons. The Labute approximate surface area is 156 Å². The number of ether oxygens (including phenoxy) is 1. The predicted molar refractivity (Wildman–Crippen MR) is 99.8 cm³/mol. The minimum atomic E-state index is -0.925. The third kappa shape index (κ3) is 5.31. The minimum Gasteiger partial charge on any atom is -0.484 e. The van der Waals surface area contributed by atoms with Gasteiger partial charge < -0.3 is 21.1 Å². The van der Waals surface area contributed by atoms with Gasteiger partial charge in [0.2, 0.25) is 11.8 Å². The Morgan fingerprint density at radius 2 is 1.81 bits per heavy atom. The molecule has 3 rings (SSSR count). The quantitative estimate of drug-likeness (QED) is 0.660. The first-order valence-electron chi connectivity index (χ1n) is 8.70. The van der Waals surface area contributed by atoms with Crippen molar-refractivity contribution in [2.24, 2.45) is 11.7 Å². The SMILES string of the molecule is NC(=O)C(NC(=O)COc1cccc(NC(=O)C2CC2)c1)c1ccccc1. The van der Waals surface area contributed by atoms with Gasteiger partial charge in [-0.3, -0.25) is 14.4 Å². The number of anilines is 1. The van der Waals surface area contributed by atoms with Crippen molar-refractivity contribution in [1.29, 1.82) is 0 Å². The van der Waals surface area contributed by atoms with Gasteiger partial charge in [-0.1, -0.05) is 36.4 Å². The highest BCUT2D eigenvalue weighted by molar-refractivity contribution is 5.94. The number of hydrogen-bond donors (Lipinski definition) is 3. The molecule has 1 unspecified atom stereocenters. The number of amides is 3. The Bertz CT molecular complexity index is 834.